The summed E-state index contributed by atoms with van der Waals surface area (Å²) in [7, 11) is 0. The quantitative estimate of drug-likeness (QED) is 0.832. The third-order valence-corrected chi connectivity index (χ3v) is 4.33. The third-order valence-electron chi connectivity index (χ3n) is 4.33. The summed E-state index contributed by atoms with van der Waals surface area (Å²) in [5, 5.41) is 4.18. The Bertz CT molecular complexity index is 651. The molecule has 2 aromatic rings. The maximum absolute atomic E-state index is 5.90. The van der Waals surface area contributed by atoms with Crippen molar-refractivity contribution in [3.05, 3.63) is 41.8 Å². The fourth-order valence-electron chi connectivity index (χ4n) is 3.04. The van der Waals surface area contributed by atoms with Crippen LogP contribution in [0.2, 0.25) is 0 Å². The van der Waals surface area contributed by atoms with Gasteiger partial charge in [0.25, 0.3) is 5.89 Å². The summed E-state index contributed by atoms with van der Waals surface area (Å²) in [4.78, 5) is 8.57. The fraction of sp³-hybridized carbons (Fsp3) is 0.611. The summed E-state index contributed by atoms with van der Waals surface area (Å²) < 4.78 is 17.2. The lowest BCUT2D eigenvalue weighted by Gasteiger charge is -2.29. The van der Waals surface area contributed by atoms with E-state index in [0.29, 0.717) is 12.5 Å². The van der Waals surface area contributed by atoms with E-state index in [1.54, 1.807) is 12.4 Å². The minimum atomic E-state index is -0.255. The van der Waals surface area contributed by atoms with Crippen molar-refractivity contribution >= 4 is 0 Å². The normalized spacial score (nSPS) is 22.7. The van der Waals surface area contributed by atoms with Crippen molar-refractivity contribution in [2.75, 3.05) is 6.61 Å². The summed E-state index contributed by atoms with van der Waals surface area (Å²) in [5.74, 6) is 1.41. The average Bonchev–Trinajstić information content (AvgIpc) is 3.21. The smallest absolute Gasteiger partial charge is 0.255 e. The van der Waals surface area contributed by atoms with Gasteiger partial charge in [0.15, 0.2) is 5.82 Å². The molecule has 2 aromatic heterocycles. The van der Waals surface area contributed by atoms with Gasteiger partial charge in [0.05, 0.1) is 18.6 Å². The Labute approximate surface area is 142 Å². The van der Waals surface area contributed by atoms with Crippen LogP contribution in [0.15, 0.2) is 29.0 Å². The Kier molecular flexibility index (Phi) is 4.96. The molecule has 130 valence electrons. The Balaban J connectivity index is 1.64. The first-order valence-corrected chi connectivity index (χ1v) is 8.41. The van der Waals surface area contributed by atoms with Crippen LogP contribution < -0.4 is 0 Å². The highest BCUT2D eigenvalue weighted by atomic mass is 16.5. The molecule has 1 aliphatic rings. The summed E-state index contributed by atoms with van der Waals surface area (Å²) in [6, 6.07) is 3.85. The van der Waals surface area contributed by atoms with Crippen molar-refractivity contribution in [2.45, 2.75) is 58.8 Å². The molecule has 1 saturated heterocycles. The second-order valence-corrected chi connectivity index (χ2v) is 7.35. The van der Waals surface area contributed by atoms with Crippen LogP contribution in [0.3, 0.4) is 0 Å². The van der Waals surface area contributed by atoms with E-state index in [1.807, 2.05) is 19.1 Å². The lowest BCUT2D eigenvalue weighted by molar-refractivity contribution is 0.0193. The lowest BCUT2D eigenvalue weighted by atomic mass is 9.81. The predicted molar refractivity (Wildman–Crippen MR) is 88.3 cm³/mol. The number of nitrogens with zero attached hydrogens (tertiary/aromatic N) is 3. The van der Waals surface area contributed by atoms with Gasteiger partial charge in [0.1, 0.15) is 6.10 Å². The Morgan fingerprint density at radius 3 is 2.75 bits per heavy atom. The van der Waals surface area contributed by atoms with Crippen LogP contribution in [-0.4, -0.2) is 27.8 Å². The lowest BCUT2D eigenvalue weighted by Crippen LogP contribution is -2.30. The van der Waals surface area contributed by atoms with Gasteiger partial charge in [-0.2, -0.15) is 4.98 Å². The van der Waals surface area contributed by atoms with Gasteiger partial charge in [-0.1, -0.05) is 25.9 Å². The Morgan fingerprint density at radius 1 is 1.29 bits per heavy atom. The maximum Gasteiger partial charge on any atom is 0.255 e. The highest BCUT2D eigenvalue weighted by Gasteiger charge is 2.40. The van der Waals surface area contributed by atoms with Gasteiger partial charge in [-0.15, -0.1) is 0 Å². The van der Waals surface area contributed by atoms with Crippen LogP contribution >= 0.6 is 0 Å². The van der Waals surface area contributed by atoms with Crippen LogP contribution in [0.4, 0.5) is 0 Å². The van der Waals surface area contributed by atoms with E-state index in [1.165, 1.54) is 0 Å². The number of aromatic nitrogens is 3. The van der Waals surface area contributed by atoms with E-state index in [0.717, 1.165) is 24.4 Å². The molecule has 6 heteroatoms. The molecule has 3 rings (SSSR count). The largest absolute Gasteiger partial charge is 0.377 e. The van der Waals surface area contributed by atoms with Crippen LogP contribution in [0.5, 0.6) is 0 Å². The second-order valence-electron chi connectivity index (χ2n) is 7.35. The molecule has 0 aromatic carbocycles. The van der Waals surface area contributed by atoms with E-state index in [-0.39, 0.29) is 23.5 Å². The molecular weight excluding hydrogens is 306 g/mol. The Morgan fingerprint density at radius 2 is 2.04 bits per heavy atom. The third kappa shape index (κ3) is 3.82. The molecule has 3 heterocycles. The number of ether oxygens (including phenoxy) is 2. The molecule has 0 spiro atoms. The molecule has 6 nitrogen and oxygen atoms in total. The van der Waals surface area contributed by atoms with E-state index < -0.39 is 0 Å². The molecule has 24 heavy (non-hydrogen) atoms. The fourth-order valence-corrected chi connectivity index (χ4v) is 3.04. The molecule has 0 aliphatic carbocycles. The highest BCUT2D eigenvalue weighted by molar-refractivity contribution is 5.08. The highest BCUT2D eigenvalue weighted by Crippen LogP contribution is 2.40. The minimum absolute atomic E-state index is 0.0470. The summed E-state index contributed by atoms with van der Waals surface area (Å²) in [5.41, 5.74) is 1.11. The van der Waals surface area contributed by atoms with Crippen LogP contribution in [0, 0.1) is 5.41 Å². The summed E-state index contributed by atoms with van der Waals surface area (Å²) in [6.45, 7) is 9.68. The molecule has 1 fully saturated rings. The van der Waals surface area contributed by atoms with Crippen LogP contribution in [0.25, 0.3) is 0 Å². The van der Waals surface area contributed by atoms with Crippen molar-refractivity contribution in [3.8, 4) is 0 Å². The zero-order valence-corrected chi connectivity index (χ0v) is 14.7. The van der Waals surface area contributed by atoms with Gasteiger partial charge in [-0.05, 0) is 36.5 Å². The van der Waals surface area contributed by atoms with E-state index in [4.69, 9.17) is 14.0 Å². The number of pyridine rings is 1. The first-order valence-electron chi connectivity index (χ1n) is 8.41. The second kappa shape index (κ2) is 6.99. The van der Waals surface area contributed by atoms with E-state index in [2.05, 4.69) is 35.9 Å². The molecule has 0 saturated carbocycles. The number of rotatable bonds is 5. The molecule has 0 unspecified atom stereocenters. The number of hydrogen-bond donors (Lipinski definition) is 0. The zero-order valence-electron chi connectivity index (χ0n) is 14.7. The zero-order chi connectivity index (χ0) is 17.2. The molecule has 3 atom stereocenters. The van der Waals surface area contributed by atoms with Crippen molar-refractivity contribution < 1.29 is 14.0 Å². The van der Waals surface area contributed by atoms with Gasteiger partial charge in [-0.25, -0.2) is 0 Å². The molecular formula is C18H25N3O3. The first-order chi connectivity index (χ1) is 11.4. The molecule has 0 bridgehead atoms. The topological polar surface area (TPSA) is 70.3 Å². The first kappa shape index (κ1) is 17.0. The summed E-state index contributed by atoms with van der Waals surface area (Å²) >= 11 is 0. The van der Waals surface area contributed by atoms with Crippen molar-refractivity contribution in [1.29, 1.82) is 0 Å². The predicted octanol–water partition coefficient (Wildman–Crippen LogP) is 3.66. The van der Waals surface area contributed by atoms with E-state index in [9.17, 15) is 0 Å². The maximum atomic E-state index is 5.90. The minimum Gasteiger partial charge on any atom is -0.377 e. The van der Waals surface area contributed by atoms with Crippen LogP contribution in [0.1, 0.15) is 63.4 Å². The molecule has 0 radical (unpaired) electrons. The van der Waals surface area contributed by atoms with Gasteiger partial charge >= 0.3 is 0 Å². The Hall–Kier alpha value is -1.79. The van der Waals surface area contributed by atoms with Gasteiger partial charge in [0, 0.05) is 19.0 Å². The van der Waals surface area contributed by atoms with Gasteiger partial charge < -0.3 is 14.0 Å². The standard InChI is InChI=1S/C18H25N3O3/c1-12(23-11-13-5-8-19-9-6-13)17-20-16(21-24-17)14-7-10-22-15(14)18(2,3)4/h5-6,8-9,12,14-15H,7,10-11H2,1-4H3/t12-,14-,15-/m1/s1. The number of hydrogen-bond acceptors (Lipinski definition) is 6. The van der Waals surface area contributed by atoms with Crippen LogP contribution in [-0.2, 0) is 16.1 Å². The molecule has 0 amide bonds. The molecule has 0 N–H and O–H groups in total. The van der Waals surface area contributed by atoms with Gasteiger partial charge in [0.2, 0.25) is 0 Å². The van der Waals surface area contributed by atoms with Gasteiger partial charge in [-0.3, -0.25) is 4.98 Å². The van der Waals surface area contributed by atoms with Crippen molar-refractivity contribution in [3.63, 3.8) is 0 Å². The van der Waals surface area contributed by atoms with Crippen molar-refractivity contribution in [1.82, 2.24) is 15.1 Å². The molecule has 1 aliphatic heterocycles. The average molecular weight is 331 g/mol. The van der Waals surface area contributed by atoms with E-state index >= 15 is 0 Å². The van der Waals surface area contributed by atoms with Crippen molar-refractivity contribution in [2.24, 2.45) is 5.41 Å². The summed E-state index contributed by atoms with van der Waals surface area (Å²) in [6.07, 6.45) is 4.28. The SMILES string of the molecule is C[C@@H](OCc1ccncc1)c1nc([C@@H]2CCO[C@H]2C(C)(C)C)no1. The monoisotopic (exact) mass is 331 g/mol.